The maximum absolute atomic E-state index is 8.14. The fraction of sp³-hybridized carbons (Fsp3) is 0.544. The first kappa shape index (κ1) is 65.2. The Hall–Kier alpha value is -4.51. The summed E-state index contributed by atoms with van der Waals surface area (Å²) in [5.41, 5.74) is 3.72. The first-order chi connectivity index (χ1) is 44.0. The molecule has 13 rings (SSSR count). The first-order valence-corrected chi connectivity index (χ1v) is 37.7. The highest BCUT2D eigenvalue weighted by molar-refractivity contribution is 7.99. The van der Waals surface area contributed by atoms with Crippen LogP contribution >= 0.6 is 11.8 Å². The van der Waals surface area contributed by atoms with E-state index in [2.05, 4.69) is 234 Å². The van der Waals surface area contributed by atoms with E-state index >= 15 is 0 Å². The van der Waals surface area contributed by atoms with E-state index in [-0.39, 0.29) is 90.8 Å². The Labute approximate surface area is 547 Å². The normalized spacial score (nSPS) is 33.1. The summed E-state index contributed by atoms with van der Waals surface area (Å²) in [4.78, 5) is 1.25. The van der Waals surface area contributed by atoms with Crippen molar-refractivity contribution in [2.75, 3.05) is 12.4 Å². The summed E-state index contributed by atoms with van der Waals surface area (Å²) in [6.07, 6.45) is 1.24. The Kier molecular flexibility index (Phi) is 19.8. The number of benzene rings is 7. The number of thioether (sulfide) groups is 1. The van der Waals surface area contributed by atoms with Crippen LogP contribution in [-0.2, 0) is 66.9 Å². The molecule has 6 aliphatic heterocycles. The lowest BCUT2D eigenvalue weighted by molar-refractivity contribution is -0.342. The summed E-state index contributed by atoms with van der Waals surface area (Å²) in [6.45, 7) is 27.9. The third kappa shape index (κ3) is 13.4. The molecule has 6 aliphatic rings. The van der Waals surface area contributed by atoms with Gasteiger partial charge in [0.15, 0.2) is 5.79 Å². The van der Waals surface area contributed by atoms with E-state index in [1.165, 1.54) is 37.2 Å². The number of rotatable bonds is 19. The SMILES string of the molecule is CC(C)[Si](O[C@@H]1C[C@@H]2O[C@@H]3C[C@@H]4O[C@@H]5[C@@H](C)[C@H](C)[C@@]6(C[C@H](OCc7ccc8ccccc8c7)CO6)O[C@H]5[C@@H](OCc5ccc6ccccc6c5)[C@H](C)[C@H]4O[C@H]3C[C@@H](C)C[C@H]2O[C@@]1(C)[C@@H](CCSc1ccccc1)OCc1ccc2ccccc2c1)(C(C)C)C(C)C. The highest BCUT2D eigenvalue weighted by atomic mass is 32.2. The lowest BCUT2D eigenvalue weighted by atomic mass is 9.75. The highest BCUT2D eigenvalue weighted by Crippen LogP contribution is 2.54. The Morgan fingerprint density at radius 1 is 0.516 bits per heavy atom. The van der Waals surface area contributed by atoms with Gasteiger partial charge in [0.05, 0.1) is 93.6 Å². The molecule has 6 fully saturated rings. The fourth-order valence-electron chi connectivity index (χ4n) is 17.4. The molecular weight excluding hydrogens is 1170 g/mol. The summed E-state index contributed by atoms with van der Waals surface area (Å²) in [5.74, 6) is 0.206. The van der Waals surface area contributed by atoms with Crippen molar-refractivity contribution in [3.05, 3.63) is 174 Å². The van der Waals surface area contributed by atoms with E-state index in [0.29, 0.717) is 62.3 Å². The fourth-order valence-corrected chi connectivity index (χ4v) is 23.9. The maximum Gasteiger partial charge on any atom is 0.200 e. The van der Waals surface area contributed by atoms with Crippen LogP contribution in [0.5, 0.6) is 0 Å². The van der Waals surface area contributed by atoms with Crippen LogP contribution in [0.1, 0.15) is 131 Å². The minimum Gasteiger partial charge on any atom is -0.410 e. The second-order valence-corrected chi connectivity index (χ2v) is 35.8. The minimum absolute atomic E-state index is 0.00588. The van der Waals surface area contributed by atoms with E-state index in [1.54, 1.807) is 0 Å². The second kappa shape index (κ2) is 27.7. The lowest BCUT2D eigenvalue weighted by Crippen LogP contribution is -2.67. The largest absolute Gasteiger partial charge is 0.410 e. The Morgan fingerprint density at radius 2 is 1.04 bits per heavy atom. The first-order valence-electron chi connectivity index (χ1n) is 34.6. The molecule has 0 amide bonds. The molecule has 0 bridgehead atoms. The van der Waals surface area contributed by atoms with Gasteiger partial charge in [-0.25, -0.2) is 0 Å². The van der Waals surface area contributed by atoms with Crippen LogP contribution in [0.2, 0.25) is 16.6 Å². The predicted octanol–water partition coefficient (Wildman–Crippen LogP) is 18.0. The zero-order valence-electron chi connectivity index (χ0n) is 55.7. The van der Waals surface area contributed by atoms with Crippen molar-refractivity contribution in [1.29, 1.82) is 0 Å². The number of fused-ring (bicyclic) bond motifs is 7. The van der Waals surface area contributed by atoms with E-state index in [0.717, 1.165) is 41.7 Å². The highest BCUT2D eigenvalue weighted by Gasteiger charge is 2.63. The summed E-state index contributed by atoms with van der Waals surface area (Å²) < 4.78 is 75.2. The second-order valence-electron chi connectivity index (χ2n) is 29.2. The minimum atomic E-state index is -2.51. The molecule has 91 heavy (non-hydrogen) atoms. The van der Waals surface area contributed by atoms with Gasteiger partial charge in [-0.15, -0.1) is 11.8 Å². The van der Waals surface area contributed by atoms with Crippen LogP contribution in [0, 0.1) is 23.7 Å². The van der Waals surface area contributed by atoms with Gasteiger partial charge < -0.3 is 47.1 Å². The molecular formula is C79H100O10SSi. The molecule has 18 atom stereocenters. The summed E-state index contributed by atoms with van der Waals surface area (Å²) >= 11 is 1.89. The van der Waals surface area contributed by atoms with Gasteiger partial charge >= 0.3 is 0 Å². The zero-order chi connectivity index (χ0) is 63.2. The molecule has 0 N–H and O–H groups in total. The quantitative estimate of drug-likeness (QED) is 0.0572. The third-order valence-electron chi connectivity index (χ3n) is 22.4. The number of hydrogen-bond donors (Lipinski definition) is 0. The molecule has 7 aromatic rings. The van der Waals surface area contributed by atoms with Crippen LogP contribution in [0.3, 0.4) is 0 Å². The third-order valence-corrected chi connectivity index (χ3v) is 29.5. The summed E-state index contributed by atoms with van der Waals surface area (Å²) in [5, 5.41) is 7.28. The lowest BCUT2D eigenvalue weighted by Gasteiger charge is -2.57. The molecule has 6 saturated heterocycles. The maximum atomic E-state index is 8.14. The average molecular weight is 1270 g/mol. The van der Waals surface area contributed by atoms with Gasteiger partial charge in [0.2, 0.25) is 8.32 Å². The zero-order valence-corrected chi connectivity index (χ0v) is 57.6. The predicted molar refractivity (Wildman–Crippen MR) is 368 cm³/mol. The van der Waals surface area contributed by atoms with Crippen LogP contribution < -0.4 is 0 Å². The van der Waals surface area contributed by atoms with Crippen molar-refractivity contribution in [3.63, 3.8) is 0 Å². The molecule has 0 unspecified atom stereocenters. The average Bonchev–Trinajstić information content (AvgIpc) is 1.69. The monoisotopic (exact) mass is 1270 g/mol. The summed E-state index contributed by atoms with van der Waals surface area (Å²) in [6, 6.07) is 56.4. The Morgan fingerprint density at radius 3 is 1.65 bits per heavy atom. The Balaban J connectivity index is 0.792. The van der Waals surface area contributed by atoms with Crippen LogP contribution in [0.25, 0.3) is 32.3 Å². The topological polar surface area (TPSA) is 92.3 Å². The molecule has 0 aliphatic carbocycles. The van der Waals surface area contributed by atoms with Crippen LogP contribution in [-0.4, -0.2) is 105 Å². The number of ether oxygens (including phenoxy) is 9. The molecule has 12 heteroatoms. The van der Waals surface area contributed by atoms with Gasteiger partial charge in [0, 0.05) is 41.7 Å². The van der Waals surface area contributed by atoms with E-state index < -0.39 is 25.8 Å². The smallest absolute Gasteiger partial charge is 0.200 e. The van der Waals surface area contributed by atoms with Crippen molar-refractivity contribution in [2.24, 2.45) is 23.7 Å². The van der Waals surface area contributed by atoms with Crippen molar-refractivity contribution < 1.29 is 47.1 Å². The van der Waals surface area contributed by atoms with E-state index in [4.69, 9.17) is 47.1 Å². The molecule has 7 aromatic carbocycles. The van der Waals surface area contributed by atoms with Crippen LogP contribution in [0.4, 0.5) is 0 Å². The molecule has 0 saturated carbocycles. The van der Waals surface area contributed by atoms with Gasteiger partial charge in [0.25, 0.3) is 0 Å². The standard InChI is InChI=1S/C79H100O10SSi/c1-49(2)91(50(3)4,51(5)6)89-73-43-69-70(87-78(73,11)72(35-36-90-66-27-13-12-14-28-66)81-46-57-30-33-60-22-16-19-25-63(60)40-57)38-52(7)37-67-68(84-69)42-71-74(85-67)54(9)75(82-47-58-31-34-61-23-17-20-26-64(61)41-58)77-76(86-71)53(8)55(10)79(88-77)44-65(48-83-79)80-45-56-29-32-59-21-15-18-24-62(59)39-56/h12-34,39-41,49-55,65,67-77H,35-38,42-48H2,1-11H3/t52-,53+,54-,55+,65+,67+,68-,69+,70-,71+,72-,73-,74-,75+,76-,77+,78+,79-/m1/s1. The molecule has 10 nitrogen and oxygen atoms in total. The van der Waals surface area contributed by atoms with Crippen molar-refractivity contribution >= 4 is 52.4 Å². The molecule has 6 heterocycles. The number of hydrogen-bond acceptors (Lipinski definition) is 11. The van der Waals surface area contributed by atoms with Gasteiger partial charge in [-0.1, -0.05) is 197 Å². The van der Waals surface area contributed by atoms with Crippen molar-refractivity contribution in [2.45, 2.75) is 241 Å². The van der Waals surface area contributed by atoms with Crippen molar-refractivity contribution in [1.82, 2.24) is 0 Å². The van der Waals surface area contributed by atoms with Crippen LogP contribution in [0.15, 0.2) is 163 Å². The summed E-state index contributed by atoms with van der Waals surface area (Å²) in [7, 11) is -2.51. The van der Waals surface area contributed by atoms with Crippen molar-refractivity contribution in [3.8, 4) is 0 Å². The molecule has 0 aromatic heterocycles. The Bertz CT molecular complexity index is 3540. The molecule has 0 radical (unpaired) electrons. The van der Waals surface area contributed by atoms with Gasteiger partial charge in [-0.2, -0.15) is 0 Å². The van der Waals surface area contributed by atoms with Gasteiger partial charge in [0.1, 0.15) is 11.7 Å². The molecule has 486 valence electrons. The van der Waals surface area contributed by atoms with E-state index in [1.807, 2.05) is 11.8 Å². The molecule has 1 spiro atoms. The van der Waals surface area contributed by atoms with Gasteiger partial charge in [-0.3, -0.25) is 0 Å². The van der Waals surface area contributed by atoms with E-state index in [9.17, 15) is 0 Å². The van der Waals surface area contributed by atoms with Gasteiger partial charge in [-0.05, 0) is 134 Å².